The Morgan fingerprint density at radius 1 is 1.38 bits per heavy atom. The minimum Gasteiger partial charge on any atom is -0.465 e. The van der Waals surface area contributed by atoms with Crippen LogP contribution < -0.4 is 15.8 Å². The number of nitrogens with two attached hydrogens (primary N) is 1. The van der Waals surface area contributed by atoms with E-state index in [0.717, 1.165) is 0 Å². The van der Waals surface area contributed by atoms with Crippen LogP contribution in [0.2, 0.25) is 0 Å². The van der Waals surface area contributed by atoms with Crippen LogP contribution in [-0.2, 0) is 9.53 Å². The number of benzene rings is 1. The highest BCUT2D eigenvalue weighted by atomic mass is 16.5. The van der Waals surface area contributed by atoms with Crippen LogP contribution in [-0.4, -0.2) is 24.0 Å². The van der Waals surface area contributed by atoms with Crippen molar-refractivity contribution >= 4 is 23.3 Å². The van der Waals surface area contributed by atoms with E-state index in [-0.39, 0.29) is 23.7 Å². The van der Waals surface area contributed by atoms with Gasteiger partial charge in [-0.25, -0.2) is 9.78 Å². The second kappa shape index (κ2) is 7.60. The molecule has 0 radical (unpaired) electrons. The molecular formula is C16H14N4O4. The number of nitrogens with zero attached hydrogens (tertiary/aromatic N) is 2. The Kier molecular flexibility index (Phi) is 5.31. The zero-order valence-electron chi connectivity index (χ0n) is 12.8. The molecule has 3 N–H and O–H groups in total. The Morgan fingerprint density at radius 2 is 2.17 bits per heavy atom. The van der Waals surface area contributed by atoms with Gasteiger partial charge in [0.15, 0.2) is 0 Å². The van der Waals surface area contributed by atoms with Crippen LogP contribution in [0.5, 0.6) is 11.6 Å². The number of hydrogen-bond acceptors (Lipinski definition) is 7. The number of carbonyl (C=O) groups excluding carboxylic acids is 2. The number of hydrogen-bond donors (Lipinski definition) is 2. The number of rotatable bonds is 5. The Morgan fingerprint density at radius 3 is 2.83 bits per heavy atom. The maximum atomic E-state index is 11.5. The van der Waals surface area contributed by atoms with Gasteiger partial charge in [-0.05, 0) is 18.2 Å². The maximum Gasteiger partial charge on any atom is 0.337 e. The number of nitriles is 1. The number of anilines is 2. The predicted molar refractivity (Wildman–Crippen MR) is 85.4 cm³/mol. The van der Waals surface area contributed by atoms with E-state index in [0.29, 0.717) is 11.3 Å². The van der Waals surface area contributed by atoms with E-state index in [1.54, 1.807) is 24.3 Å². The molecule has 0 spiro atoms. The quantitative estimate of drug-likeness (QED) is 0.805. The molecule has 0 aliphatic heterocycles. The maximum absolute atomic E-state index is 11.5. The first-order chi connectivity index (χ1) is 11.5. The number of methoxy groups -OCH3 is 1. The number of nitrogens with one attached hydrogen (secondary N) is 1. The molecule has 1 heterocycles. The number of esters is 1. The molecule has 0 aliphatic carbocycles. The number of ether oxygens (including phenoxy) is 2. The van der Waals surface area contributed by atoms with Crippen LogP contribution in [0, 0.1) is 11.3 Å². The van der Waals surface area contributed by atoms with E-state index in [4.69, 9.17) is 15.7 Å². The third-order valence-electron chi connectivity index (χ3n) is 2.90. The van der Waals surface area contributed by atoms with E-state index in [2.05, 4.69) is 15.0 Å². The monoisotopic (exact) mass is 326 g/mol. The average Bonchev–Trinajstić information content (AvgIpc) is 2.57. The fourth-order valence-electron chi connectivity index (χ4n) is 1.80. The van der Waals surface area contributed by atoms with Gasteiger partial charge in [0.25, 0.3) is 0 Å². The summed E-state index contributed by atoms with van der Waals surface area (Å²) in [4.78, 5) is 26.9. The summed E-state index contributed by atoms with van der Waals surface area (Å²) in [5.41, 5.74) is 6.68. The summed E-state index contributed by atoms with van der Waals surface area (Å²) < 4.78 is 10.2. The van der Waals surface area contributed by atoms with Crippen LogP contribution in [0.3, 0.4) is 0 Å². The number of nitrogen functional groups attached to an aromatic ring is 1. The van der Waals surface area contributed by atoms with Crippen molar-refractivity contribution in [1.29, 1.82) is 5.26 Å². The van der Waals surface area contributed by atoms with Crippen LogP contribution in [0.25, 0.3) is 0 Å². The van der Waals surface area contributed by atoms with Gasteiger partial charge >= 0.3 is 5.97 Å². The van der Waals surface area contributed by atoms with Gasteiger partial charge in [-0.1, -0.05) is 6.07 Å². The van der Waals surface area contributed by atoms with E-state index < -0.39 is 11.9 Å². The first-order valence-electron chi connectivity index (χ1n) is 6.82. The van der Waals surface area contributed by atoms with Gasteiger partial charge < -0.3 is 20.5 Å². The topological polar surface area (TPSA) is 127 Å². The lowest BCUT2D eigenvalue weighted by Crippen LogP contribution is -2.12. The molecule has 0 saturated heterocycles. The fraction of sp³-hybridized carbons (Fsp3) is 0.125. The number of aromatic nitrogens is 1. The summed E-state index contributed by atoms with van der Waals surface area (Å²) >= 11 is 0. The van der Waals surface area contributed by atoms with Crippen LogP contribution in [0.15, 0.2) is 36.5 Å². The predicted octanol–water partition coefficient (Wildman–Crippen LogP) is 2.09. The highest BCUT2D eigenvalue weighted by molar-refractivity contribution is 5.94. The standard InChI is InChI=1S/C16H14N4O4/c1-23-16(22)10-3-2-4-11(7-10)24-15-8-12(18)13(9-19-15)20-14(21)5-6-17/h2-4,7-9H,5H2,1H3,(H2,18,19)(H,20,21). The van der Waals surface area contributed by atoms with Gasteiger partial charge in [0.1, 0.15) is 12.2 Å². The summed E-state index contributed by atoms with van der Waals surface area (Å²) in [6.45, 7) is 0. The molecule has 24 heavy (non-hydrogen) atoms. The van der Waals surface area contributed by atoms with Crippen molar-refractivity contribution < 1.29 is 19.1 Å². The lowest BCUT2D eigenvalue weighted by Gasteiger charge is -2.10. The molecule has 0 atom stereocenters. The third kappa shape index (κ3) is 4.20. The molecule has 8 nitrogen and oxygen atoms in total. The lowest BCUT2D eigenvalue weighted by atomic mass is 10.2. The van der Waals surface area contributed by atoms with E-state index >= 15 is 0 Å². The SMILES string of the molecule is COC(=O)c1cccc(Oc2cc(N)c(NC(=O)CC#N)cn2)c1. The van der Waals surface area contributed by atoms with Crippen LogP contribution >= 0.6 is 0 Å². The van der Waals surface area contributed by atoms with Crippen molar-refractivity contribution in [1.82, 2.24) is 4.98 Å². The van der Waals surface area contributed by atoms with Gasteiger partial charge in [0, 0.05) is 6.07 Å². The molecule has 8 heteroatoms. The normalized spacial score (nSPS) is 9.67. The second-order valence-electron chi connectivity index (χ2n) is 4.61. The van der Waals surface area contributed by atoms with Crippen LogP contribution in [0.1, 0.15) is 16.8 Å². The molecule has 0 fully saturated rings. The molecule has 122 valence electrons. The Balaban J connectivity index is 2.14. The van der Waals surface area contributed by atoms with Gasteiger partial charge in [0.2, 0.25) is 11.8 Å². The van der Waals surface area contributed by atoms with Gasteiger partial charge in [-0.15, -0.1) is 0 Å². The first kappa shape index (κ1) is 16.8. The molecule has 1 amide bonds. The van der Waals surface area contributed by atoms with Gasteiger partial charge in [0.05, 0.1) is 36.3 Å². The average molecular weight is 326 g/mol. The largest absolute Gasteiger partial charge is 0.465 e. The number of pyridine rings is 1. The zero-order chi connectivity index (χ0) is 17.5. The molecule has 0 unspecified atom stereocenters. The molecule has 0 bridgehead atoms. The smallest absolute Gasteiger partial charge is 0.337 e. The second-order valence-corrected chi connectivity index (χ2v) is 4.61. The van der Waals surface area contributed by atoms with Crippen LogP contribution in [0.4, 0.5) is 11.4 Å². The Hall–Kier alpha value is -3.60. The molecule has 0 aliphatic rings. The summed E-state index contributed by atoms with van der Waals surface area (Å²) in [5, 5.41) is 10.9. The zero-order valence-corrected chi connectivity index (χ0v) is 12.8. The van der Waals surface area contributed by atoms with Crippen molar-refractivity contribution in [3.63, 3.8) is 0 Å². The minimum absolute atomic E-state index is 0.188. The van der Waals surface area contributed by atoms with E-state index in [1.165, 1.54) is 25.4 Å². The minimum atomic E-state index is -0.483. The molecule has 0 saturated carbocycles. The highest BCUT2D eigenvalue weighted by Gasteiger charge is 2.10. The summed E-state index contributed by atoms with van der Waals surface area (Å²) in [7, 11) is 1.29. The Labute approximate surface area is 137 Å². The first-order valence-corrected chi connectivity index (χ1v) is 6.82. The highest BCUT2D eigenvalue weighted by Crippen LogP contribution is 2.26. The van der Waals surface area contributed by atoms with Gasteiger partial charge in [-0.2, -0.15) is 5.26 Å². The third-order valence-corrected chi connectivity index (χ3v) is 2.90. The Bertz CT molecular complexity index is 814. The fourth-order valence-corrected chi connectivity index (χ4v) is 1.80. The van der Waals surface area contributed by atoms with E-state index in [1.807, 2.05) is 0 Å². The molecule has 2 aromatic rings. The molecule has 1 aromatic heterocycles. The van der Waals surface area contributed by atoms with Crippen molar-refractivity contribution in [3.8, 4) is 17.7 Å². The summed E-state index contributed by atoms with van der Waals surface area (Å²) in [6.07, 6.45) is 1.04. The van der Waals surface area contributed by atoms with Gasteiger partial charge in [-0.3, -0.25) is 4.79 Å². The summed E-state index contributed by atoms with van der Waals surface area (Å²) in [6, 6.07) is 9.54. The molecular weight excluding hydrogens is 312 g/mol. The van der Waals surface area contributed by atoms with Crippen molar-refractivity contribution in [2.75, 3.05) is 18.2 Å². The van der Waals surface area contributed by atoms with E-state index in [9.17, 15) is 9.59 Å². The van der Waals surface area contributed by atoms with Crippen molar-refractivity contribution in [2.24, 2.45) is 0 Å². The molecule has 1 aromatic carbocycles. The summed E-state index contributed by atoms with van der Waals surface area (Å²) in [5.74, 6) is -0.396. The molecule has 2 rings (SSSR count). The number of carbonyl (C=O) groups is 2. The number of amides is 1. The lowest BCUT2D eigenvalue weighted by molar-refractivity contribution is -0.115. The van der Waals surface area contributed by atoms with Crippen molar-refractivity contribution in [3.05, 3.63) is 42.1 Å². The van der Waals surface area contributed by atoms with Crippen molar-refractivity contribution in [2.45, 2.75) is 6.42 Å².